The molecule has 5 rings (SSSR count). The van der Waals surface area contributed by atoms with Crippen molar-refractivity contribution in [1.82, 2.24) is 10.3 Å². The first-order chi connectivity index (χ1) is 15.9. The van der Waals surface area contributed by atoms with E-state index in [4.69, 9.17) is 9.72 Å². The smallest absolute Gasteiger partial charge is 0.405 e. The van der Waals surface area contributed by atoms with Crippen LogP contribution in [0.2, 0.25) is 0 Å². The molecule has 168 valence electrons. The van der Waals surface area contributed by atoms with E-state index in [2.05, 4.69) is 5.32 Å². The third-order valence-electron chi connectivity index (χ3n) is 6.46. The van der Waals surface area contributed by atoms with Crippen LogP contribution in [0, 0.1) is 5.82 Å². The Morgan fingerprint density at radius 2 is 1.79 bits per heavy atom. The van der Waals surface area contributed by atoms with Crippen molar-refractivity contribution in [2.75, 3.05) is 18.6 Å². The van der Waals surface area contributed by atoms with Gasteiger partial charge in [0.05, 0.1) is 11.2 Å². The molecule has 2 heterocycles. The summed E-state index contributed by atoms with van der Waals surface area (Å²) in [6, 6.07) is 15.6. The van der Waals surface area contributed by atoms with Crippen molar-refractivity contribution in [3.8, 4) is 28.3 Å². The molecule has 2 aromatic carbocycles. The molecule has 0 bridgehead atoms. The number of benzene rings is 2. The molecule has 2 aliphatic rings. The molecule has 2 amide bonds. The minimum atomic E-state index is -1.04. The number of carbonyl (C=O) groups excluding carboxylic acids is 1. The summed E-state index contributed by atoms with van der Waals surface area (Å²) in [6.07, 6.45) is 1.44. The van der Waals surface area contributed by atoms with Crippen molar-refractivity contribution in [2.24, 2.45) is 0 Å². The van der Waals surface area contributed by atoms with Crippen molar-refractivity contribution in [3.05, 3.63) is 66.0 Å². The van der Waals surface area contributed by atoms with E-state index in [1.807, 2.05) is 30.3 Å². The number of hydrogen-bond donors (Lipinski definition) is 2. The minimum absolute atomic E-state index is 0.0891. The van der Waals surface area contributed by atoms with Crippen LogP contribution in [0.25, 0.3) is 22.4 Å². The summed E-state index contributed by atoms with van der Waals surface area (Å²) >= 11 is 0. The van der Waals surface area contributed by atoms with Gasteiger partial charge in [-0.2, -0.15) is 0 Å². The summed E-state index contributed by atoms with van der Waals surface area (Å²) < 4.78 is 19.2. The number of nitrogens with one attached hydrogen (secondary N) is 1. The maximum atomic E-state index is 13.6. The number of aromatic nitrogens is 1. The van der Waals surface area contributed by atoms with Gasteiger partial charge in [-0.1, -0.05) is 36.4 Å². The Labute approximate surface area is 189 Å². The molecule has 1 aliphatic heterocycles. The van der Waals surface area contributed by atoms with Crippen LogP contribution in [0.15, 0.2) is 54.6 Å². The van der Waals surface area contributed by atoms with Gasteiger partial charge in [-0.05, 0) is 48.6 Å². The van der Waals surface area contributed by atoms with Crippen LogP contribution < -0.4 is 15.0 Å². The van der Waals surface area contributed by atoms with Gasteiger partial charge in [-0.15, -0.1) is 0 Å². The first-order valence-corrected chi connectivity index (χ1v) is 10.7. The number of hydrogen-bond acceptors (Lipinski definition) is 4. The number of carbonyl (C=O) groups is 2. The number of halogens is 1. The lowest BCUT2D eigenvalue weighted by atomic mass is 9.71. The number of rotatable bonds is 4. The fraction of sp³-hybridized carbons (Fsp3) is 0.240. The third kappa shape index (κ3) is 3.67. The molecule has 3 aromatic rings. The highest BCUT2D eigenvalue weighted by Gasteiger charge is 2.40. The van der Waals surface area contributed by atoms with E-state index >= 15 is 0 Å². The zero-order valence-electron chi connectivity index (χ0n) is 18.0. The summed E-state index contributed by atoms with van der Waals surface area (Å²) in [6.45, 7) is -0.0891. The summed E-state index contributed by atoms with van der Waals surface area (Å²) in [4.78, 5) is 29.6. The Morgan fingerprint density at radius 1 is 1.12 bits per heavy atom. The summed E-state index contributed by atoms with van der Waals surface area (Å²) in [5.41, 5.74) is 3.80. The predicted molar refractivity (Wildman–Crippen MR) is 121 cm³/mol. The Balaban J connectivity index is 1.60. The number of anilines is 1. The lowest BCUT2D eigenvalue weighted by Crippen LogP contribution is -2.50. The van der Waals surface area contributed by atoms with Gasteiger partial charge in [0.2, 0.25) is 5.88 Å². The molecular formula is C25H22FN3O4. The van der Waals surface area contributed by atoms with Gasteiger partial charge < -0.3 is 20.1 Å². The highest BCUT2D eigenvalue weighted by Crippen LogP contribution is 2.43. The monoisotopic (exact) mass is 447 g/mol. The van der Waals surface area contributed by atoms with E-state index in [-0.39, 0.29) is 18.3 Å². The SMILES string of the molecule is CN1C(=O)COc2nc(-c3ccc(C4(NC(=O)O)CCC4)cc3)c(-c3ccc(F)cc3)cc21. The van der Waals surface area contributed by atoms with Gasteiger partial charge in [0.25, 0.3) is 5.91 Å². The largest absolute Gasteiger partial charge is 0.466 e. The summed E-state index contributed by atoms with van der Waals surface area (Å²) in [5.74, 6) is -0.170. The number of ether oxygens (including phenoxy) is 1. The fourth-order valence-electron chi connectivity index (χ4n) is 4.43. The molecule has 0 radical (unpaired) electrons. The van der Waals surface area contributed by atoms with Crippen molar-refractivity contribution in [3.63, 3.8) is 0 Å². The zero-order chi connectivity index (χ0) is 23.2. The van der Waals surface area contributed by atoms with Gasteiger partial charge in [0, 0.05) is 18.2 Å². The van der Waals surface area contributed by atoms with Crippen LogP contribution >= 0.6 is 0 Å². The molecule has 1 aliphatic carbocycles. The second-order valence-corrected chi connectivity index (χ2v) is 8.40. The third-order valence-corrected chi connectivity index (χ3v) is 6.46. The summed E-state index contributed by atoms with van der Waals surface area (Å²) in [7, 11) is 1.67. The first-order valence-electron chi connectivity index (χ1n) is 10.7. The minimum Gasteiger partial charge on any atom is -0.466 e. The molecule has 1 fully saturated rings. The normalized spacial score (nSPS) is 16.4. The standard InChI is InChI=1S/C25H22FN3O4/c1-29-20-13-19(15-5-9-18(26)10-6-15)22(27-23(20)33-14-21(29)30)16-3-7-17(8-4-16)25(11-2-12-25)28-24(31)32/h3-10,13,28H,2,11-12,14H2,1H3,(H,31,32). The van der Waals surface area contributed by atoms with E-state index in [0.717, 1.165) is 41.5 Å². The molecule has 7 nitrogen and oxygen atoms in total. The molecule has 2 N–H and O–H groups in total. The molecule has 0 spiro atoms. The van der Waals surface area contributed by atoms with Crippen molar-refractivity contribution >= 4 is 17.7 Å². The number of fused-ring (bicyclic) bond motifs is 1. The van der Waals surface area contributed by atoms with E-state index in [1.165, 1.54) is 17.0 Å². The highest BCUT2D eigenvalue weighted by atomic mass is 19.1. The second kappa shape index (κ2) is 7.88. The van der Waals surface area contributed by atoms with Crippen molar-refractivity contribution in [1.29, 1.82) is 0 Å². The number of nitrogens with zero attached hydrogens (tertiary/aromatic N) is 2. The molecular weight excluding hydrogens is 425 g/mol. The fourth-order valence-corrected chi connectivity index (χ4v) is 4.43. The highest BCUT2D eigenvalue weighted by molar-refractivity contribution is 5.98. The van der Waals surface area contributed by atoms with Crippen molar-refractivity contribution in [2.45, 2.75) is 24.8 Å². The molecule has 33 heavy (non-hydrogen) atoms. The number of amides is 2. The summed E-state index contributed by atoms with van der Waals surface area (Å²) in [5, 5.41) is 11.9. The lowest BCUT2D eigenvalue weighted by Gasteiger charge is -2.42. The van der Waals surface area contributed by atoms with Gasteiger partial charge in [0.15, 0.2) is 6.61 Å². The maximum absolute atomic E-state index is 13.6. The molecule has 0 saturated heterocycles. The van der Waals surface area contributed by atoms with E-state index < -0.39 is 11.6 Å². The Bertz CT molecular complexity index is 1240. The molecule has 0 atom stereocenters. The number of pyridine rings is 1. The van der Waals surface area contributed by atoms with Crippen LogP contribution in [0.3, 0.4) is 0 Å². The first kappa shape index (κ1) is 20.9. The quantitative estimate of drug-likeness (QED) is 0.612. The van der Waals surface area contributed by atoms with Crippen LogP contribution in [-0.4, -0.2) is 35.7 Å². The van der Waals surface area contributed by atoms with E-state index in [9.17, 15) is 19.1 Å². The number of carboxylic acid groups (broad SMARTS) is 1. The lowest BCUT2D eigenvalue weighted by molar-refractivity contribution is -0.121. The van der Waals surface area contributed by atoms with E-state index in [0.29, 0.717) is 17.3 Å². The van der Waals surface area contributed by atoms with Crippen molar-refractivity contribution < 1.29 is 23.8 Å². The van der Waals surface area contributed by atoms with Crippen LogP contribution in [0.5, 0.6) is 5.88 Å². The van der Waals surface area contributed by atoms with Gasteiger partial charge in [-0.25, -0.2) is 14.2 Å². The Kier molecular flexibility index (Phi) is 5.00. The van der Waals surface area contributed by atoms with Crippen LogP contribution in [0.1, 0.15) is 24.8 Å². The van der Waals surface area contributed by atoms with Gasteiger partial charge in [-0.3, -0.25) is 4.79 Å². The van der Waals surface area contributed by atoms with Gasteiger partial charge >= 0.3 is 6.09 Å². The molecule has 1 saturated carbocycles. The average molecular weight is 447 g/mol. The second-order valence-electron chi connectivity index (χ2n) is 8.40. The van der Waals surface area contributed by atoms with Gasteiger partial charge in [0.1, 0.15) is 11.5 Å². The van der Waals surface area contributed by atoms with Crippen LogP contribution in [-0.2, 0) is 10.3 Å². The zero-order valence-corrected chi connectivity index (χ0v) is 18.0. The molecule has 0 unspecified atom stereocenters. The predicted octanol–water partition coefficient (Wildman–Crippen LogP) is 4.56. The number of likely N-dealkylation sites (N-methyl/N-ethyl adjacent to an activating group) is 1. The van der Waals surface area contributed by atoms with Crippen LogP contribution in [0.4, 0.5) is 14.9 Å². The Hall–Kier alpha value is -3.94. The van der Waals surface area contributed by atoms with E-state index in [1.54, 1.807) is 19.2 Å². The Morgan fingerprint density at radius 3 is 2.39 bits per heavy atom. The molecule has 1 aromatic heterocycles. The topological polar surface area (TPSA) is 91.8 Å². The average Bonchev–Trinajstić information content (AvgIpc) is 2.79. The maximum Gasteiger partial charge on any atom is 0.405 e. The molecule has 8 heteroatoms.